The van der Waals surface area contributed by atoms with Crippen LogP contribution >= 0.6 is 0 Å². The summed E-state index contributed by atoms with van der Waals surface area (Å²) in [5.41, 5.74) is 6.34. The van der Waals surface area contributed by atoms with Gasteiger partial charge in [0.15, 0.2) is 0 Å². The van der Waals surface area contributed by atoms with E-state index < -0.39 is 17.6 Å². The third-order valence-electron chi connectivity index (χ3n) is 5.07. The fraction of sp³-hybridized carbons (Fsp3) is 0.529. The van der Waals surface area contributed by atoms with E-state index in [-0.39, 0.29) is 6.04 Å². The van der Waals surface area contributed by atoms with Crippen molar-refractivity contribution in [3.8, 4) is 11.3 Å². The second kappa shape index (κ2) is 5.45. The molecule has 1 saturated heterocycles. The van der Waals surface area contributed by atoms with Gasteiger partial charge in [0.2, 0.25) is 0 Å². The Hall–Kier alpha value is -2.09. The summed E-state index contributed by atoms with van der Waals surface area (Å²) in [6.45, 7) is 5.51. The molecule has 5 nitrogen and oxygen atoms in total. The van der Waals surface area contributed by atoms with E-state index in [1.165, 1.54) is 6.20 Å². The normalized spacial score (nSPS) is 25.4. The molecule has 2 aliphatic rings. The summed E-state index contributed by atoms with van der Waals surface area (Å²) in [5.74, 6) is 0.851. The molecule has 0 bridgehead atoms. The number of nitrogens with two attached hydrogens (primary N) is 1. The van der Waals surface area contributed by atoms with E-state index in [1.807, 2.05) is 24.6 Å². The van der Waals surface area contributed by atoms with E-state index in [2.05, 4.69) is 10.1 Å². The van der Waals surface area contributed by atoms with Gasteiger partial charge in [0.05, 0.1) is 24.5 Å². The van der Waals surface area contributed by atoms with Crippen LogP contribution < -0.4 is 5.73 Å². The van der Waals surface area contributed by atoms with E-state index >= 15 is 0 Å². The highest BCUT2D eigenvalue weighted by Gasteiger charge is 2.56. The lowest BCUT2D eigenvalue weighted by atomic mass is 10.1. The van der Waals surface area contributed by atoms with Crippen LogP contribution in [0.25, 0.3) is 11.3 Å². The number of aromatic nitrogens is 3. The summed E-state index contributed by atoms with van der Waals surface area (Å²) in [5, 5.41) is 4.55. The first-order valence-corrected chi connectivity index (χ1v) is 8.27. The first kappa shape index (κ1) is 16.4. The zero-order valence-electron chi connectivity index (χ0n) is 13.9. The molecule has 0 radical (unpaired) electrons. The number of alkyl halides is 3. The number of pyridine rings is 1. The SMILES string of the molecule is CC(C)n1nc(-c2cnc(N)c(C(F)(F)F)c2)cc1C1[C@H]2COC[C@@H]12. The number of ether oxygens (including phenoxy) is 1. The monoisotopic (exact) mass is 352 g/mol. The van der Waals surface area contributed by atoms with Gasteiger partial charge in [-0.25, -0.2) is 4.98 Å². The average Bonchev–Trinajstić information content (AvgIpc) is 2.93. The van der Waals surface area contributed by atoms with Gasteiger partial charge in [0.25, 0.3) is 0 Å². The predicted molar refractivity (Wildman–Crippen MR) is 85.8 cm³/mol. The number of hydrogen-bond donors (Lipinski definition) is 1. The zero-order chi connectivity index (χ0) is 17.9. The van der Waals surface area contributed by atoms with Crippen LogP contribution in [-0.4, -0.2) is 28.0 Å². The average molecular weight is 352 g/mol. The minimum atomic E-state index is -4.54. The van der Waals surface area contributed by atoms with E-state index in [9.17, 15) is 13.2 Å². The van der Waals surface area contributed by atoms with Crippen molar-refractivity contribution in [3.05, 3.63) is 29.6 Å². The van der Waals surface area contributed by atoms with Gasteiger partial charge in [-0.3, -0.25) is 4.68 Å². The van der Waals surface area contributed by atoms with Gasteiger partial charge in [-0.1, -0.05) is 0 Å². The van der Waals surface area contributed by atoms with Gasteiger partial charge >= 0.3 is 6.18 Å². The fourth-order valence-electron chi connectivity index (χ4n) is 3.73. The lowest BCUT2D eigenvalue weighted by Crippen LogP contribution is -2.11. The largest absolute Gasteiger partial charge is 0.419 e. The second-order valence-electron chi connectivity index (χ2n) is 7.04. The van der Waals surface area contributed by atoms with Crippen molar-refractivity contribution >= 4 is 5.82 Å². The molecule has 2 N–H and O–H groups in total. The van der Waals surface area contributed by atoms with Crippen LogP contribution in [0.2, 0.25) is 0 Å². The van der Waals surface area contributed by atoms with Gasteiger partial charge in [-0.2, -0.15) is 18.3 Å². The molecule has 1 unspecified atom stereocenters. The fourth-order valence-corrected chi connectivity index (χ4v) is 3.73. The topological polar surface area (TPSA) is 66.0 Å². The Morgan fingerprint density at radius 3 is 2.52 bits per heavy atom. The standard InChI is InChI=1S/C17H19F3N4O/c1-8(2)24-14(15-10-6-25-7-11(10)15)4-13(23-24)9-3-12(17(18,19)20)16(21)22-5-9/h3-5,8,10-11,15H,6-7H2,1-2H3,(H2,21,22)/t10-,11+,15?. The van der Waals surface area contributed by atoms with Crippen molar-refractivity contribution in [2.24, 2.45) is 11.8 Å². The maximum atomic E-state index is 13.1. The van der Waals surface area contributed by atoms with Gasteiger partial charge in [-0.15, -0.1) is 0 Å². The summed E-state index contributed by atoms with van der Waals surface area (Å²) in [4.78, 5) is 3.71. The maximum Gasteiger partial charge on any atom is 0.419 e. The van der Waals surface area contributed by atoms with Crippen molar-refractivity contribution in [1.29, 1.82) is 0 Å². The first-order chi connectivity index (χ1) is 11.8. The predicted octanol–water partition coefficient (Wildman–Crippen LogP) is 3.49. The van der Waals surface area contributed by atoms with Gasteiger partial charge < -0.3 is 10.5 Å². The number of rotatable bonds is 3. The summed E-state index contributed by atoms with van der Waals surface area (Å²) < 4.78 is 46.6. The summed E-state index contributed by atoms with van der Waals surface area (Å²) >= 11 is 0. The van der Waals surface area contributed by atoms with Gasteiger partial charge in [0.1, 0.15) is 5.82 Å². The lowest BCUT2D eigenvalue weighted by molar-refractivity contribution is -0.137. The molecule has 3 heterocycles. The molecule has 3 atom stereocenters. The molecule has 2 fully saturated rings. The van der Waals surface area contributed by atoms with Crippen molar-refractivity contribution in [1.82, 2.24) is 14.8 Å². The molecule has 2 aromatic rings. The molecule has 2 aromatic heterocycles. The summed E-state index contributed by atoms with van der Waals surface area (Å²) in [6.07, 6.45) is -3.19. The van der Waals surface area contributed by atoms with Crippen molar-refractivity contribution < 1.29 is 17.9 Å². The molecule has 0 amide bonds. The minimum Gasteiger partial charge on any atom is -0.383 e. The van der Waals surface area contributed by atoms with E-state index in [0.717, 1.165) is 25.0 Å². The van der Waals surface area contributed by atoms with Crippen LogP contribution in [0.4, 0.5) is 19.0 Å². The smallest absolute Gasteiger partial charge is 0.383 e. The molecule has 1 aliphatic carbocycles. The number of halogens is 3. The Bertz CT molecular complexity index is 805. The highest BCUT2D eigenvalue weighted by molar-refractivity contribution is 5.63. The van der Waals surface area contributed by atoms with Crippen molar-refractivity contribution in [2.75, 3.05) is 18.9 Å². The van der Waals surface area contributed by atoms with E-state index in [1.54, 1.807) is 0 Å². The molecule has 25 heavy (non-hydrogen) atoms. The molecule has 134 valence electrons. The number of fused-ring (bicyclic) bond motifs is 1. The molecule has 4 rings (SSSR count). The molecule has 8 heteroatoms. The lowest BCUT2D eigenvalue weighted by Gasteiger charge is -2.12. The third-order valence-corrected chi connectivity index (χ3v) is 5.07. The number of nitrogens with zero attached hydrogens (tertiary/aromatic N) is 3. The number of anilines is 1. The molecule has 0 aromatic carbocycles. The van der Waals surface area contributed by atoms with Crippen molar-refractivity contribution in [2.45, 2.75) is 32.0 Å². The van der Waals surface area contributed by atoms with E-state index in [0.29, 0.717) is 29.0 Å². The Balaban J connectivity index is 1.74. The molecule has 1 saturated carbocycles. The highest BCUT2D eigenvalue weighted by atomic mass is 19.4. The molecular weight excluding hydrogens is 333 g/mol. The highest BCUT2D eigenvalue weighted by Crippen LogP contribution is 2.58. The number of nitrogen functional groups attached to an aromatic ring is 1. The van der Waals surface area contributed by atoms with Gasteiger partial charge in [-0.05, 0) is 37.8 Å². The van der Waals surface area contributed by atoms with Crippen LogP contribution in [0.15, 0.2) is 18.3 Å². The van der Waals surface area contributed by atoms with Crippen molar-refractivity contribution in [3.63, 3.8) is 0 Å². The maximum absolute atomic E-state index is 13.1. The second-order valence-corrected chi connectivity index (χ2v) is 7.04. The summed E-state index contributed by atoms with van der Waals surface area (Å²) in [6, 6.07) is 3.03. The Morgan fingerprint density at radius 1 is 1.24 bits per heavy atom. The number of hydrogen-bond acceptors (Lipinski definition) is 4. The van der Waals surface area contributed by atoms with Crippen LogP contribution in [0.1, 0.15) is 37.1 Å². The van der Waals surface area contributed by atoms with Crippen LogP contribution in [0, 0.1) is 11.8 Å². The first-order valence-electron chi connectivity index (χ1n) is 8.27. The van der Waals surface area contributed by atoms with Gasteiger partial charge in [0, 0.05) is 29.4 Å². The van der Waals surface area contributed by atoms with Crippen LogP contribution in [-0.2, 0) is 10.9 Å². The van der Waals surface area contributed by atoms with Crippen LogP contribution in [0.3, 0.4) is 0 Å². The zero-order valence-corrected chi connectivity index (χ0v) is 13.9. The molecule has 0 spiro atoms. The van der Waals surface area contributed by atoms with Crippen LogP contribution in [0.5, 0.6) is 0 Å². The quantitative estimate of drug-likeness (QED) is 0.918. The summed E-state index contributed by atoms with van der Waals surface area (Å²) in [7, 11) is 0. The third kappa shape index (κ3) is 2.68. The molecular formula is C17H19F3N4O. The Morgan fingerprint density at radius 2 is 1.92 bits per heavy atom. The minimum absolute atomic E-state index is 0.120. The Kier molecular flexibility index (Phi) is 3.57. The molecule has 1 aliphatic heterocycles. The Labute approximate surface area is 143 Å². The van der Waals surface area contributed by atoms with E-state index in [4.69, 9.17) is 10.5 Å².